The smallest absolute Gasteiger partial charge is 0.293 e. The van der Waals surface area contributed by atoms with E-state index in [0.717, 1.165) is 24.8 Å². The molecule has 1 fully saturated rings. The number of carbonyl (C=O) groups is 3. The highest BCUT2D eigenvalue weighted by atomic mass is 35.5. The first kappa shape index (κ1) is 24.7. The fourth-order valence-electron chi connectivity index (χ4n) is 4.70. The Balaban J connectivity index is 1.61. The summed E-state index contributed by atoms with van der Waals surface area (Å²) in [5.41, 5.74) is 2.32. The summed E-state index contributed by atoms with van der Waals surface area (Å²) in [7, 11) is 0. The van der Waals surface area contributed by atoms with Crippen LogP contribution >= 0.6 is 11.6 Å². The molecule has 1 aromatic carbocycles. The third-order valence-corrected chi connectivity index (χ3v) is 6.87. The zero-order valence-corrected chi connectivity index (χ0v) is 20.5. The van der Waals surface area contributed by atoms with Gasteiger partial charge in [0.15, 0.2) is 0 Å². The average molecular weight is 496 g/mol. The van der Waals surface area contributed by atoms with E-state index in [0.29, 0.717) is 35.6 Å². The number of carbonyl (C=O) groups excluding carboxylic acids is 3. The van der Waals surface area contributed by atoms with Crippen LogP contribution in [-0.2, 0) is 17.8 Å². The van der Waals surface area contributed by atoms with E-state index < -0.39 is 29.0 Å². The number of anilines is 1. The number of ketones is 1. The molecule has 1 aliphatic heterocycles. The Morgan fingerprint density at radius 1 is 1.26 bits per heavy atom. The number of amides is 2. The summed E-state index contributed by atoms with van der Waals surface area (Å²) in [6, 6.07) is 3.91. The number of hydrogen-bond acceptors (Lipinski definition) is 3. The third kappa shape index (κ3) is 4.60. The van der Waals surface area contributed by atoms with Crippen LogP contribution < -0.4 is 10.6 Å². The Labute approximate surface area is 208 Å². The van der Waals surface area contributed by atoms with Crippen LogP contribution in [0.5, 0.6) is 0 Å². The molecule has 35 heavy (non-hydrogen) atoms. The molecule has 2 amide bonds. The average Bonchev–Trinajstić information content (AvgIpc) is 3.34. The number of nitrogens with zero attached hydrogens (tertiary/aromatic N) is 1. The normalized spacial score (nSPS) is 16.2. The van der Waals surface area contributed by atoms with Crippen molar-refractivity contribution in [3.8, 4) is 0 Å². The van der Waals surface area contributed by atoms with Crippen LogP contribution in [0.15, 0.2) is 54.7 Å². The molecule has 1 aliphatic carbocycles. The number of rotatable bonds is 8. The molecule has 6 nitrogen and oxygen atoms in total. The van der Waals surface area contributed by atoms with Crippen LogP contribution in [0.1, 0.15) is 58.3 Å². The van der Waals surface area contributed by atoms with Crippen molar-refractivity contribution in [2.24, 2.45) is 0 Å². The maximum absolute atomic E-state index is 13.5. The molecule has 2 N–H and O–H groups in total. The Kier molecular flexibility index (Phi) is 6.81. The first-order valence-electron chi connectivity index (χ1n) is 11.5. The predicted molar refractivity (Wildman–Crippen MR) is 134 cm³/mol. The van der Waals surface area contributed by atoms with Crippen LogP contribution in [0.25, 0.3) is 0 Å². The molecule has 1 aromatic heterocycles. The van der Waals surface area contributed by atoms with Gasteiger partial charge in [0.05, 0.1) is 16.1 Å². The van der Waals surface area contributed by atoms with Crippen LogP contribution in [0.2, 0.25) is 5.02 Å². The molecule has 2 heterocycles. The number of aromatic nitrogens is 1. The van der Waals surface area contributed by atoms with E-state index in [1.165, 1.54) is 18.2 Å². The van der Waals surface area contributed by atoms with Gasteiger partial charge in [0, 0.05) is 17.9 Å². The molecule has 0 atom stereocenters. The number of Topliss-reactive ketones (excluding diaryl/α,β-unsaturated/α-hetero) is 1. The minimum Gasteiger partial charge on any atom is -0.340 e. The minimum atomic E-state index is -0.698. The maximum atomic E-state index is 13.5. The lowest BCUT2D eigenvalue weighted by atomic mass is 10.00. The molecule has 4 rings (SSSR count). The van der Waals surface area contributed by atoms with Gasteiger partial charge in [0.25, 0.3) is 17.6 Å². The topological polar surface area (TPSA) is 80.2 Å². The van der Waals surface area contributed by atoms with Crippen LogP contribution in [0, 0.1) is 12.7 Å². The van der Waals surface area contributed by atoms with Crippen molar-refractivity contribution in [2.45, 2.75) is 51.6 Å². The van der Waals surface area contributed by atoms with Gasteiger partial charge in [-0.05, 0) is 68.9 Å². The van der Waals surface area contributed by atoms with E-state index in [4.69, 9.17) is 11.6 Å². The third-order valence-electron chi connectivity index (χ3n) is 6.58. The van der Waals surface area contributed by atoms with Crippen molar-refractivity contribution in [3.63, 3.8) is 0 Å². The number of hydrogen-bond donors (Lipinski definition) is 2. The number of halogens is 2. The van der Waals surface area contributed by atoms with Gasteiger partial charge in [0.1, 0.15) is 11.5 Å². The lowest BCUT2D eigenvalue weighted by Gasteiger charge is -2.18. The second-order valence-electron chi connectivity index (χ2n) is 8.85. The van der Waals surface area contributed by atoms with Gasteiger partial charge < -0.3 is 15.2 Å². The zero-order chi connectivity index (χ0) is 25.3. The summed E-state index contributed by atoms with van der Waals surface area (Å²) < 4.78 is 15.3. The highest BCUT2D eigenvalue weighted by Crippen LogP contribution is 2.43. The van der Waals surface area contributed by atoms with Crippen molar-refractivity contribution in [1.29, 1.82) is 0 Å². The molecule has 8 heteroatoms. The number of nitrogens with one attached hydrogen (secondary N) is 2. The van der Waals surface area contributed by atoms with E-state index in [9.17, 15) is 18.8 Å². The zero-order valence-electron chi connectivity index (χ0n) is 19.7. The van der Waals surface area contributed by atoms with Gasteiger partial charge in [-0.25, -0.2) is 4.39 Å². The van der Waals surface area contributed by atoms with E-state index in [2.05, 4.69) is 17.2 Å². The largest absolute Gasteiger partial charge is 0.340 e. The summed E-state index contributed by atoms with van der Waals surface area (Å²) in [5.74, 6) is -2.39. The Hall–Kier alpha value is -3.45. The van der Waals surface area contributed by atoms with Gasteiger partial charge in [-0.2, -0.15) is 0 Å². The van der Waals surface area contributed by atoms with E-state index >= 15 is 0 Å². The quantitative estimate of drug-likeness (QED) is 0.296. The Morgan fingerprint density at radius 2 is 2.00 bits per heavy atom. The lowest BCUT2D eigenvalue weighted by Crippen LogP contribution is -2.42. The van der Waals surface area contributed by atoms with E-state index in [1.807, 2.05) is 25.2 Å². The summed E-state index contributed by atoms with van der Waals surface area (Å²) in [6.07, 6.45) is 10.1. The SMILES string of the molecule is C=C/C(=C\C=C/C)C1(NC(=O)C(=O)c2c(C)c(C(=O)Nc3ccc(F)c(Cl)c3)n3c2CCC3)CC1. The summed E-state index contributed by atoms with van der Waals surface area (Å²) in [4.78, 5) is 39.6. The summed E-state index contributed by atoms with van der Waals surface area (Å²) >= 11 is 5.83. The molecule has 2 aliphatic rings. The highest BCUT2D eigenvalue weighted by Gasteiger charge is 2.47. The van der Waals surface area contributed by atoms with Crippen LogP contribution in [0.3, 0.4) is 0 Å². The second kappa shape index (κ2) is 9.66. The number of fused-ring (bicyclic) bond motifs is 1. The fraction of sp³-hybridized carbons (Fsp3) is 0.296. The second-order valence-corrected chi connectivity index (χ2v) is 9.26. The standard InChI is InChI=1S/C27H27ClFN3O3/c1-4-6-8-17(5-2)27(12-13-27)31-26(35)24(33)22-16(3)23(32-14-7-9-21(22)32)25(34)30-18-10-11-20(29)19(28)15-18/h4-6,8,10-11,15H,2,7,9,12-14H2,1,3H3,(H,30,34)(H,31,35)/b6-4-,17-8+. The van der Waals surface area contributed by atoms with E-state index in [-0.39, 0.29) is 10.6 Å². The summed E-state index contributed by atoms with van der Waals surface area (Å²) in [5, 5.41) is 5.53. The molecule has 1 saturated carbocycles. The molecule has 0 spiro atoms. The molecular weight excluding hydrogens is 469 g/mol. The molecule has 0 unspecified atom stereocenters. The van der Waals surface area contributed by atoms with E-state index in [1.54, 1.807) is 17.6 Å². The van der Waals surface area contributed by atoms with Crippen molar-refractivity contribution in [2.75, 3.05) is 5.32 Å². The molecule has 2 aromatic rings. The van der Waals surface area contributed by atoms with Gasteiger partial charge in [-0.15, -0.1) is 0 Å². The minimum absolute atomic E-state index is 0.108. The van der Waals surface area contributed by atoms with Crippen molar-refractivity contribution >= 4 is 34.9 Å². The fourth-order valence-corrected chi connectivity index (χ4v) is 4.88. The first-order chi connectivity index (χ1) is 16.7. The predicted octanol–water partition coefficient (Wildman–Crippen LogP) is 5.31. The van der Waals surface area contributed by atoms with Crippen LogP contribution in [-0.4, -0.2) is 27.7 Å². The Morgan fingerprint density at radius 3 is 2.63 bits per heavy atom. The molecule has 0 saturated heterocycles. The van der Waals surface area contributed by atoms with Gasteiger partial charge >= 0.3 is 0 Å². The van der Waals surface area contributed by atoms with Crippen LogP contribution in [0.4, 0.5) is 10.1 Å². The summed E-state index contributed by atoms with van der Waals surface area (Å²) in [6.45, 7) is 7.98. The van der Waals surface area contributed by atoms with Crippen molar-refractivity contribution in [3.05, 3.63) is 88.0 Å². The van der Waals surface area contributed by atoms with Gasteiger partial charge in [-0.1, -0.05) is 42.5 Å². The number of allylic oxidation sites excluding steroid dienone is 3. The Bertz CT molecular complexity index is 1300. The molecule has 182 valence electrons. The molecule has 0 radical (unpaired) electrons. The maximum Gasteiger partial charge on any atom is 0.293 e. The van der Waals surface area contributed by atoms with Gasteiger partial charge in [0.2, 0.25) is 0 Å². The molecular formula is C27H27ClFN3O3. The lowest BCUT2D eigenvalue weighted by molar-refractivity contribution is -0.117. The highest BCUT2D eigenvalue weighted by molar-refractivity contribution is 6.44. The molecule has 0 bridgehead atoms. The van der Waals surface area contributed by atoms with Crippen molar-refractivity contribution < 1.29 is 18.8 Å². The number of benzene rings is 1. The monoisotopic (exact) mass is 495 g/mol. The van der Waals surface area contributed by atoms with Crippen molar-refractivity contribution in [1.82, 2.24) is 9.88 Å². The van der Waals surface area contributed by atoms with Gasteiger partial charge in [-0.3, -0.25) is 14.4 Å². The first-order valence-corrected chi connectivity index (χ1v) is 11.9.